The highest BCUT2D eigenvalue weighted by molar-refractivity contribution is 6.30. The van der Waals surface area contributed by atoms with Crippen LogP contribution in [0.5, 0.6) is 5.88 Å². The minimum Gasteiger partial charge on any atom is -0.478 e. The molecule has 0 saturated carbocycles. The zero-order chi connectivity index (χ0) is 27.9. The summed E-state index contributed by atoms with van der Waals surface area (Å²) in [6, 6.07) is 8.93. The van der Waals surface area contributed by atoms with Crippen molar-refractivity contribution in [3.05, 3.63) is 53.4 Å². The number of nitrogens with zero attached hydrogens (tertiary/aromatic N) is 5. The van der Waals surface area contributed by atoms with Gasteiger partial charge in [-0.15, -0.1) is 10.2 Å². The van der Waals surface area contributed by atoms with Crippen LogP contribution in [0.3, 0.4) is 0 Å². The predicted molar refractivity (Wildman–Crippen MR) is 139 cm³/mol. The first-order chi connectivity index (χ1) is 18.7. The van der Waals surface area contributed by atoms with Crippen molar-refractivity contribution in [2.45, 2.75) is 19.1 Å². The zero-order valence-electron chi connectivity index (χ0n) is 20.9. The van der Waals surface area contributed by atoms with Crippen molar-refractivity contribution >= 4 is 34.7 Å². The fourth-order valence-corrected chi connectivity index (χ4v) is 4.21. The van der Waals surface area contributed by atoms with Crippen molar-refractivity contribution < 1.29 is 27.1 Å². The third-order valence-corrected chi connectivity index (χ3v) is 6.32. The van der Waals surface area contributed by atoms with E-state index in [0.717, 1.165) is 4.90 Å². The number of carbonyl (C=O) groups excluding carboxylic acids is 1. The molecule has 2 aromatic heterocycles. The summed E-state index contributed by atoms with van der Waals surface area (Å²) in [7, 11) is 1.42. The molecule has 1 fully saturated rings. The molecule has 14 heteroatoms. The number of hydrogen-bond donors (Lipinski definition) is 2. The fraction of sp³-hybridized carbons (Fsp3) is 0.360. The van der Waals surface area contributed by atoms with Gasteiger partial charge >= 0.3 is 0 Å². The number of rotatable bonds is 10. The lowest BCUT2D eigenvalue weighted by molar-refractivity contribution is -0.116. The molecule has 1 aliphatic rings. The zero-order valence-corrected chi connectivity index (χ0v) is 21.6. The SMILES string of the molecule is COc1nnc(-c2cc(Cl)ccc2F)cc1Nc1ccnc(NC(=O)CCN2CCN(C(F)C(F)F)CC2)c1. The number of halogens is 5. The molecule has 1 amide bonds. The van der Waals surface area contributed by atoms with E-state index in [4.69, 9.17) is 16.3 Å². The van der Waals surface area contributed by atoms with Crippen LogP contribution in [0.2, 0.25) is 5.02 Å². The summed E-state index contributed by atoms with van der Waals surface area (Å²) < 4.78 is 58.2. The highest BCUT2D eigenvalue weighted by Crippen LogP contribution is 2.31. The van der Waals surface area contributed by atoms with Crippen LogP contribution in [-0.4, -0.2) is 83.4 Å². The maximum absolute atomic E-state index is 14.4. The second-order valence-corrected chi connectivity index (χ2v) is 9.15. The normalized spacial score (nSPS) is 15.3. The van der Waals surface area contributed by atoms with Crippen molar-refractivity contribution in [2.24, 2.45) is 0 Å². The smallest absolute Gasteiger partial charge is 0.282 e. The Hall–Kier alpha value is -3.55. The van der Waals surface area contributed by atoms with Crippen LogP contribution in [0.15, 0.2) is 42.6 Å². The van der Waals surface area contributed by atoms with Crippen molar-refractivity contribution in [1.82, 2.24) is 25.0 Å². The number of hydrogen-bond acceptors (Lipinski definition) is 8. The molecule has 208 valence electrons. The number of ether oxygens (including phenoxy) is 1. The number of piperazine rings is 1. The molecule has 0 bridgehead atoms. The van der Waals surface area contributed by atoms with E-state index < -0.39 is 18.5 Å². The summed E-state index contributed by atoms with van der Waals surface area (Å²) >= 11 is 6.01. The Morgan fingerprint density at radius 3 is 2.59 bits per heavy atom. The number of carbonyl (C=O) groups is 1. The highest BCUT2D eigenvalue weighted by atomic mass is 35.5. The van der Waals surface area contributed by atoms with Gasteiger partial charge in [-0.25, -0.2) is 22.5 Å². The average molecular weight is 568 g/mol. The molecule has 1 aromatic carbocycles. The van der Waals surface area contributed by atoms with Crippen molar-refractivity contribution in [2.75, 3.05) is 50.5 Å². The number of aromatic nitrogens is 3. The lowest BCUT2D eigenvalue weighted by atomic mass is 10.1. The maximum atomic E-state index is 14.4. The van der Waals surface area contributed by atoms with Gasteiger partial charge in [0.15, 0.2) is 0 Å². The Labute approximate surface area is 227 Å². The molecule has 0 radical (unpaired) electrons. The Balaban J connectivity index is 1.36. The lowest BCUT2D eigenvalue weighted by Crippen LogP contribution is -2.51. The van der Waals surface area contributed by atoms with Gasteiger partial charge in [-0.1, -0.05) is 11.6 Å². The highest BCUT2D eigenvalue weighted by Gasteiger charge is 2.30. The number of methoxy groups -OCH3 is 1. The van der Waals surface area contributed by atoms with E-state index >= 15 is 0 Å². The van der Waals surface area contributed by atoms with E-state index in [-0.39, 0.29) is 48.4 Å². The van der Waals surface area contributed by atoms with Crippen LogP contribution in [0.1, 0.15) is 6.42 Å². The number of alkyl halides is 3. The summed E-state index contributed by atoms with van der Waals surface area (Å²) in [5, 5.41) is 14.2. The van der Waals surface area contributed by atoms with Gasteiger partial charge in [0.25, 0.3) is 12.3 Å². The average Bonchev–Trinajstić information content (AvgIpc) is 2.93. The van der Waals surface area contributed by atoms with Crippen molar-refractivity contribution in [3.8, 4) is 17.1 Å². The summed E-state index contributed by atoms with van der Waals surface area (Å²) in [4.78, 5) is 19.7. The van der Waals surface area contributed by atoms with Crippen LogP contribution < -0.4 is 15.4 Å². The first-order valence-electron chi connectivity index (χ1n) is 12.0. The van der Waals surface area contributed by atoms with Crippen molar-refractivity contribution in [1.29, 1.82) is 0 Å². The van der Waals surface area contributed by atoms with Gasteiger partial charge in [-0.3, -0.25) is 9.69 Å². The summed E-state index contributed by atoms with van der Waals surface area (Å²) in [6.07, 6.45) is -3.67. The summed E-state index contributed by atoms with van der Waals surface area (Å²) in [5.41, 5.74) is 1.34. The van der Waals surface area contributed by atoms with E-state index in [1.165, 1.54) is 31.5 Å². The van der Waals surface area contributed by atoms with Crippen LogP contribution >= 0.6 is 11.6 Å². The number of benzene rings is 1. The molecular formula is C25H26ClF4N7O2. The summed E-state index contributed by atoms with van der Waals surface area (Å²) in [6.45, 7) is 1.51. The number of anilines is 3. The van der Waals surface area contributed by atoms with Gasteiger partial charge in [0.05, 0.1) is 12.8 Å². The fourth-order valence-electron chi connectivity index (χ4n) is 4.04. The second kappa shape index (κ2) is 13.0. The van der Waals surface area contributed by atoms with Crippen LogP contribution in [0.4, 0.5) is 34.8 Å². The Kier molecular flexibility index (Phi) is 9.49. The predicted octanol–water partition coefficient (Wildman–Crippen LogP) is 4.59. The van der Waals surface area contributed by atoms with Gasteiger partial charge in [0.2, 0.25) is 12.2 Å². The van der Waals surface area contributed by atoms with Crippen molar-refractivity contribution in [3.63, 3.8) is 0 Å². The first-order valence-corrected chi connectivity index (χ1v) is 12.4. The quantitative estimate of drug-likeness (QED) is 0.271. The maximum Gasteiger partial charge on any atom is 0.282 e. The monoisotopic (exact) mass is 567 g/mol. The molecule has 3 aromatic rings. The Morgan fingerprint density at radius 1 is 1.10 bits per heavy atom. The second-order valence-electron chi connectivity index (χ2n) is 8.71. The third kappa shape index (κ3) is 7.52. The van der Waals surface area contributed by atoms with Crippen LogP contribution in [0, 0.1) is 5.82 Å². The minimum absolute atomic E-state index is 0.143. The molecule has 9 nitrogen and oxygen atoms in total. The largest absolute Gasteiger partial charge is 0.478 e. The Bertz CT molecular complexity index is 1300. The molecule has 4 rings (SSSR count). The molecule has 3 heterocycles. The van der Waals surface area contributed by atoms with E-state index in [9.17, 15) is 22.4 Å². The standard InChI is InChI=1S/C25H26ClF4N7O2/c1-39-25-20(14-19(34-35-25)17-12-15(26)2-3-18(17)27)32-16-4-6-31-21(13-16)33-22(38)5-7-36-8-10-37(11-9-36)24(30)23(28)29/h2-4,6,12-14,23-24H,5,7-11H2,1H3,(H2,31,32,33,34,38). The molecule has 0 spiro atoms. The molecular weight excluding hydrogens is 542 g/mol. The first kappa shape index (κ1) is 28.5. The molecule has 1 unspecified atom stereocenters. The van der Waals surface area contributed by atoms with Gasteiger partial charge < -0.3 is 20.3 Å². The molecule has 0 aliphatic carbocycles. The third-order valence-electron chi connectivity index (χ3n) is 6.08. The molecule has 1 aliphatic heterocycles. The van der Waals surface area contributed by atoms with Gasteiger partial charge in [-0.2, -0.15) is 0 Å². The molecule has 39 heavy (non-hydrogen) atoms. The van der Waals surface area contributed by atoms with Crippen LogP contribution in [-0.2, 0) is 4.79 Å². The van der Waals surface area contributed by atoms with E-state index in [1.54, 1.807) is 18.2 Å². The molecule has 1 atom stereocenters. The molecule has 1 saturated heterocycles. The van der Waals surface area contributed by atoms with E-state index in [0.29, 0.717) is 36.0 Å². The number of amides is 1. The van der Waals surface area contributed by atoms with E-state index in [2.05, 4.69) is 25.8 Å². The van der Waals surface area contributed by atoms with Gasteiger partial charge in [-0.05, 0) is 30.3 Å². The minimum atomic E-state index is -3.04. The number of nitrogens with one attached hydrogen (secondary N) is 2. The van der Waals surface area contributed by atoms with E-state index in [1.807, 2.05) is 4.90 Å². The summed E-state index contributed by atoms with van der Waals surface area (Å²) in [5.74, 6) is -0.356. The topological polar surface area (TPSA) is 95.5 Å². The molecule has 2 N–H and O–H groups in total. The number of pyridine rings is 1. The van der Waals surface area contributed by atoms with Gasteiger partial charge in [0, 0.05) is 67.7 Å². The lowest BCUT2D eigenvalue weighted by Gasteiger charge is -2.35. The Morgan fingerprint density at radius 2 is 1.87 bits per heavy atom. The van der Waals surface area contributed by atoms with Gasteiger partial charge in [0.1, 0.15) is 17.3 Å². The van der Waals surface area contributed by atoms with Crippen LogP contribution in [0.25, 0.3) is 11.3 Å².